The molecule has 2 aromatic heterocycles. The summed E-state index contributed by atoms with van der Waals surface area (Å²) in [5.41, 5.74) is 11.0. The summed E-state index contributed by atoms with van der Waals surface area (Å²) in [6, 6.07) is 3.34. The van der Waals surface area contributed by atoms with Crippen LogP contribution >= 0.6 is 0 Å². The number of amides is 2. The maximum atomic E-state index is 10.6. The van der Waals surface area contributed by atoms with E-state index in [2.05, 4.69) is 16.6 Å². The Labute approximate surface area is 128 Å². The Bertz CT molecular complexity index is 805. The summed E-state index contributed by atoms with van der Waals surface area (Å²) in [6.07, 6.45) is 1.50. The largest absolute Gasteiger partial charge is 0.443 e. The normalized spacial score (nSPS) is 10.9. The third-order valence-corrected chi connectivity index (χ3v) is 3.53. The fourth-order valence-electron chi connectivity index (χ4n) is 2.29. The molecule has 2 rings (SSSR count). The molecule has 7 nitrogen and oxygen atoms in total. The van der Waals surface area contributed by atoms with Crippen molar-refractivity contribution in [3.8, 4) is 12.0 Å². The molecule has 3 N–H and O–H groups in total. The van der Waals surface area contributed by atoms with Gasteiger partial charge in [-0.05, 0) is 33.8 Å². The van der Waals surface area contributed by atoms with E-state index in [0.29, 0.717) is 17.2 Å². The average Bonchev–Trinajstić information content (AvgIpc) is 2.87. The smallest absolute Gasteiger partial charge is 0.332 e. The Kier molecular flexibility index (Phi) is 4.04. The van der Waals surface area contributed by atoms with Crippen LogP contribution in [-0.2, 0) is 0 Å². The molecule has 0 aliphatic rings. The lowest BCUT2D eigenvalue weighted by Crippen LogP contribution is -2.24. The van der Waals surface area contributed by atoms with Crippen LogP contribution in [0.2, 0.25) is 0 Å². The van der Waals surface area contributed by atoms with Gasteiger partial charge in [-0.1, -0.05) is 0 Å². The Hall–Kier alpha value is -3.01. The molecule has 0 aliphatic heterocycles. The minimum atomic E-state index is -0.728. The van der Waals surface area contributed by atoms with Gasteiger partial charge in [0.15, 0.2) is 0 Å². The molecule has 0 fully saturated rings. The van der Waals surface area contributed by atoms with Gasteiger partial charge in [0.1, 0.15) is 17.4 Å². The lowest BCUT2D eigenvalue weighted by molar-refractivity contribution is 0.249. The molecule has 22 heavy (non-hydrogen) atoms. The van der Waals surface area contributed by atoms with Crippen molar-refractivity contribution in [3.63, 3.8) is 0 Å². The summed E-state index contributed by atoms with van der Waals surface area (Å²) in [7, 11) is 0. The minimum absolute atomic E-state index is 0.495. The maximum absolute atomic E-state index is 10.6. The van der Waals surface area contributed by atoms with E-state index in [-0.39, 0.29) is 0 Å². The monoisotopic (exact) mass is 299 g/mol. The SMILES string of the molecule is Cc1oc(-n2c(C)cc(/C=N\NC(N)=O)c2C)c(C#N)c1C. The lowest BCUT2D eigenvalue weighted by Gasteiger charge is -2.06. The van der Waals surface area contributed by atoms with Crippen LogP contribution in [0.4, 0.5) is 4.79 Å². The summed E-state index contributed by atoms with van der Waals surface area (Å²) in [5.74, 6) is 1.21. The number of nitrogens with zero attached hydrogens (tertiary/aromatic N) is 3. The Balaban J connectivity index is 2.52. The van der Waals surface area contributed by atoms with E-state index in [9.17, 15) is 10.1 Å². The number of carbonyl (C=O) groups is 1. The molecule has 0 unspecified atom stereocenters. The molecule has 0 atom stereocenters. The van der Waals surface area contributed by atoms with Crippen molar-refractivity contribution in [1.29, 1.82) is 5.26 Å². The first-order valence-electron chi connectivity index (χ1n) is 6.64. The Morgan fingerprint density at radius 3 is 2.73 bits per heavy atom. The average molecular weight is 299 g/mol. The van der Waals surface area contributed by atoms with Crippen LogP contribution in [0.25, 0.3) is 5.88 Å². The van der Waals surface area contributed by atoms with Gasteiger partial charge in [-0.2, -0.15) is 10.4 Å². The minimum Gasteiger partial charge on any atom is -0.443 e. The van der Waals surface area contributed by atoms with Gasteiger partial charge in [-0.3, -0.25) is 4.57 Å². The second-order valence-corrected chi connectivity index (χ2v) is 4.97. The van der Waals surface area contributed by atoms with Crippen LogP contribution in [0, 0.1) is 39.0 Å². The van der Waals surface area contributed by atoms with Crippen molar-refractivity contribution in [1.82, 2.24) is 9.99 Å². The molecule has 2 aromatic rings. The number of nitrogens with one attached hydrogen (secondary N) is 1. The summed E-state index contributed by atoms with van der Waals surface area (Å²) >= 11 is 0. The third-order valence-electron chi connectivity index (χ3n) is 3.53. The number of hydrogen-bond donors (Lipinski definition) is 2. The zero-order valence-corrected chi connectivity index (χ0v) is 12.9. The first kappa shape index (κ1) is 15.4. The fourth-order valence-corrected chi connectivity index (χ4v) is 2.29. The van der Waals surface area contributed by atoms with Crippen molar-refractivity contribution in [2.75, 3.05) is 0 Å². The van der Waals surface area contributed by atoms with Crippen molar-refractivity contribution in [2.24, 2.45) is 10.8 Å². The van der Waals surface area contributed by atoms with E-state index in [0.717, 1.165) is 22.5 Å². The summed E-state index contributed by atoms with van der Waals surface area (Å²) in [5, 5.41) is 13.1. The van der Waals surface area contributed by atoms with Crippen molar-refractivity contribution in [3.05, 3.63) is 39.9 Å². The van der Waals surface area contributed by atoms with Gasteiger partial charge in [0, 0.05) is 22.5 Å². The quantitative estimate of drug-likeness (QED) is 0.669. The third kappa shape index (κ3) is 2.59. The Morgan fingerprint density at radius 1 is 1.45 bits per heavy atom. The fraction of sp³-hybridized carbons (Fsp3) is 0.267. The van der Waals surface area contributed by atoms with Gasteiger partial charge in [0.25, 0.3) is 0 Å². The maximum Gasteiger partial charge on any atom is 0.332 e. The second-order valence-electron chi connectivity index (χ2n) is 4.97. The number of aryl methyl sites for hydroxylation is 2. The highest BCUT2D eigenvalue weighted by Gasteiger charge is 2.20. The molecular formula is C15H17N5O2. The van der Waals surface area contributed by atoms with Gasteiger partial charge in [0.2, 0.25) is 5.88 Å². The molecule has 0 spiro atoms. The molecule has 2 amide bonds. The number of hydrazone groups is 1. The van der Waals surface area contributed by atoms with Gasteiger partial charge in [-0.15, -0.1) is 0 Å². The summed E-state index contributed by atoms with van der Waals surface area (Å²) < 4.78 is 7.60. The zero-order chi connectivity index (χ0) is 16.4. The number of carbonyl (C=O) groups excluding carboxylic acids is 1. The predicted molar refractivity (Wildman–Crippen MR) is 82.0 cm³/mol. The number of nitrogens with two attached hydrogens (primary N) is 1. The zero-order valence-electron chi connectivity index (χ0n) is 12.9. The number of urea groups is 1. The van der Waals surface area contributed by atoms with Crippen molar-refractivity contribution >= 4 is 12.2 Å². The van der Waals surface area contributed by atoms with Crippen LogP contribution in [-0.4, -0.2) is 16.8 Å². The van der Waals surface area contributed by atoms with Crippen molar-refractivity contribution in [2.45, 2.75) is 27.7 Å². The van der Waals surface area contributed by atoms with Crippen LogP contribution in [0.15, 0.2) is 15.6 Å². The van der Waals surface area contributed by atoms with Crippen LogP contribution in [0.1, 0.15) is 33.8 Å². The standard InChI is InChI=1S/C15H17N5O2/c1-8-5-12(7-18-19-15(17)21)10(3)20(8)14-13(6-16)9(2)11(4)22-14/h5,7H,1-4H3,(H3,17,19,21)/b18-7-. The summed E-state index contributed by atoms with van der Waals surface area (Å²) in [4.78, 5) is 10.6. The first-order chi connectivity index (χ1) is 10.4. The van der Waals surface area contributed by atoms with Gasteiger partial charge in [0.05, 0.1) is 6.21 Å². The lowest BCUT2D eigenvalue weighted by atomic mass is 10.2. The number of aromatic nitrogens is 1. The highest BCUT2D eigenvalue weighted by Crippen LogP contribution is 2.28. The highest BCUT2D eigenvalue weighted by molar-refractivity contribution is 5.83. The second kappa shape index (κ2) is 5.77. The van der Waals surface area contributed by atoms with E-state index in [1.807, 2.05) is 38.3 Å². The van der Waals surface area contributed by atoms with E-state index in [1.165, 1.54) is 6.21 Å². The number of nitriles is 1. The van der Waals surface area contributed by atoms with Gasteiger partial charge >= 0.3 is 6.03 Å². The topological polar surface area (TPSA) is 109 Å². The molecular weight excluding hydrogens is 282 g/mol. The molecule has 0 bridgehead atoms. The molecule has 0 saturated carbocycles. The molecule has 0 radical (unpaired) electrons. The summed E-state index contributed by atoms with van der Waals surface area (Å²) in [6.45, 7) is 7.47. The van der Waals surface area contributed by atoms with E-state index >= 15 is 0 Å². The number of rotatable bonds is 3. The van der Waals surface area contributed by atoms with Gasteiger partial charge in [-0.25, -0.2) is 10.2 Å². The first-order valence-corrected chi connectivity index (χ1v) is 6.64. The van der Waals surface area contributed by atoms with E-state index < -0.39 is 6.03 Å². The Morgan fingerprint density at radius 2 is 2.14 bits per heavy atom. The molecule has 114 valence electrons. The van der Waals surface area contributed by atoms with E-state index in [1.54, 1.807) is 0 Å². The number of hydrogen-bond acceptors (Lipinski definition) is 4. The van der Waals surface area contributed by atoms with Gasteiger partial charge < -0.3 is 10.2 Å². The molecule has 0 aromatic carbocycles. The van der Waals surface area contributed by atoms with Crippen molar-refractivity contribution < 1.29 is 9.21 Å². The number of primary amides is 1. The molecule has 7 heteroatoms. The molecule has 0 saturated heterocycles. The number of furan rings is 1. The van der Waals surface area contributed by atoms with Crippen LogP contribution in [0.5, 0.6) is 0 Å². The highest BCUT2D eigenvalue weighted by atomic mass is 16.4. The predicted octanol–water partition coefficient (Wildman–Crippen LogP) is 2.18. The van der Waals surface area contributed by atoms with Crippen LogP contribution < -0.4 is 11.2 Å². The van der Waals surface area contributed by atoms with E-state index in [4.69, 9.17) is 10.2 Å². The molecule has 2 heterocycles. The van der Waals surface area contributed by atoms with Crippen LogP contribution in [0.3, 0.4) is 0 Å². The molecule has 0 aliphatic carbocycles.